The van der Waals surface area contributed by atoms with Gasteiger partial charge in [0, 0.05) is 17.6 Å². The number of hydrogen-bond donors (Lipinski definition) is 1. The second-order valence-electron chi connectivity index (χ2n) is 5.77. The van der Waals surface area contributed by atoms with E-state index in [1.54, 1.807) is 29.1 Å². The van der Waals surface area contributed by atoms with Crippen molar-refractivity contribution in [1.82, 2.24) is 20.0 Å². The zero-order valence-corrected chi connectivity index (χ0v) is 13.6. The lowest BCUT2D eigenvalue weighted by Crippen LogP contribution is -2.11. The Bertz CT molecular complexity index is 1010. The normalized spacial score (nSPS) is 11.3. The van der Waals surface area contributed by atoms with E-state index in [9.17, 15) is 4.79 Å². The zero-order valence-electron chi connectivity index (χ0n) is 13.6. The van der Waals surface area contributed by atoms with E-state index in [1.165, 1.54) is 0 Å². The molecule has 1 aromatic carbocycles. The molecule has 1 N–H and O–H groups in total. The lowest BCUT2D eigenvalue weighted by atomic mass is 10.2. The van der Waals surface area contributed by atoms with Gasteiger partial charge in [-0.2, -0.15) is 5.10 Å². The number of carbonyl (C=O) groups is 1. The van der Waals surface area contributed by atoms with Crippen LogP contribution in [0.4, 0.5) is 6.01 Å². The Balaban J connectivity index is 1.56. The molecule has 4 rings (SSSR count). The maximum absolute atomic E-state index is 12.3. The van der Waals surface area contributed by atoms with Gasteiger partial charge in [-0.15, -0.1) is 5.10 Å². The van der Waals surface area contributed by atoms with Crippen LogP contribution in [0, 0.1) is 0 Å². The first-order chi connectivity index (χ1) is 12.1. The number of carbonyl (C=O) groups excluding carboxylic acids is 1. The number of rotatable bonds is 4. The number of nitrogens with one attached hydrogen (secondary N) is 1. The number of furan rings is 1. The fourth-order valence-corrected chi connectivity index (χ4v) is 2.52. The van der Waals surface area contributed by atoms with E-state index in [2.05, 4.69) is 20.6 Å². The minimum absolute atomic E-state index is 0.00281. The van der Waals surface area contributed by atoms with Crippen molar-refractivity contribution in [3.8, 4) is 11.6 Å². The lowest BCUT2D eigenvalue weighted by molar-refractivity contribution is 0.0996. The van der Waals surface area contributed by atoms with Crippen LogP contribution in [0.5, 0.6) is 0 Å². The highest BCUT2D eigenvalue weighted by molar-refractivity contribution is 6.03. The fraction of sp³-hybridized carbons (Fsp3) is 0.176. The van der Waals surface area contributed by atoms with Crippen LogP contribution in [0.1, 0.15) is 30.4 Å². The van der Waals surface area contributed by atoms with E-state index in [4.69, 9.17) is 8.83 Å². The maximum atomic E-state index is 12.3. The number of hydrogen-bond acceptors (Lipinski definition) is 6. The molecule has 1 amide bonds. The van der Waals surface area contributed by atoms with E-state index < -0.39 is 5.91 Å². The summed E-state index contributed by atoms with van der Waals surface area (Å²) in [5.74, 6) is 0.00282. The Kier molecular flexibility index (Phi) is 3.57. The van der Waals surface area contributed by atoms with Crippen LogP contribution >= 0.6 is 0 Å². The number of benzene rings is 1. The summed E-state index contributed by atoms with van der Waals surface area (Å²) in [6, 6.07) is 11.0. The molecule has 0 atom stereocenters. The van der Waals surface area contributed by atoms with Gasteiger partial charge in [-0.1, -0.05) is 23.3 Å². The molecule has 3 heterocycles. The predicted octanol–water partition coefficient (Wildman–Crippen LogP) is 3.51. The van der Waals surface area contributed by atoms with Crippen molar-refractivity contribution < 1.29 is 13.6 Å². The average molecular weight is 337 g/mol. The topological polar surface area (TPSA) is 99.0 Å². The largest absolute Gasteiger partial charge is 0.451 e. The first-order valence-electron chi connectivity index (χ1n) is 7.79. The van der Waals surface area contributed by atoms with Crippen molar-refractivity contribution in [1.29, 1.82) is 0 Å². The smallest absolute Gasteiger partial charge is 0.322 e. The molecule has 4 aromatic rings. The molecular weight excluding hydrogens is 322 g/mol. The van der Waals surface area contributed by atoms with Gasteiger partial charge in [0.15, 0.2) is 5.76 Å². The van der Waals surface area contributed by atoms with E-state index >= 15 is 0 Å². The van der Waals surface area contributed by atoms with Crippen molar-refractivity contribution in [3.63, 3.8) is 0 Å². The summed E-state index contributed by atoms with van der Waals surface area (Å²) in [5.41, 5.74) is 1.33. The van der Waals surface area contributed by atoms with Crippen LogP contribution in [0.15, 0.2) is 51.4 Å². The standard InChI is InChI=1S/C17H15N5O3/c1-10(2)22-12(7-8-18-22)16-20-21-17(25-16)19-15(23)14-9-11-5-3-4-6-13(11)24-14/h3-10H,1-2H3,(H,19,21,23). The highest BCUT2D eigenvalue weighted by Crippen LogP contribution is 2.23. The molecule has 0 unspecified atom stereocenters. The second kappa shape index (κ2) is 5.90. The monoisotopic (exact) mass is 337 g/mol. The van der Waals surface area contributed by atoms with Crippen LogP contribution in [0.2, 0.25) is 0 Å². The lowest BCUT2D eigenvalue weighted by Gasteiger charge is -2.07. The summed E-state index contributed by atoms with van der Waals surface area (Å²) in [4.78, 5) is 12.3. The van der Waals surface area contributed by atoms with E-state index in [0.717, 1.165) is 5.39 Å². The number of nitrogens with zero attached hydrogens (tertiary/aromatic N) is 4. The Morgan fingerprint density at radius 1 is 1.16 bits per heavy atom. The van der Waals surface area contributed by atoms with Gasteiger partial charge in [-0.3, -0.25) is 14.8 Å². The second-order valence-corrected chi connectivity index (χ2v) is 5.77. The van der Waals surface area contributed by atoms with Gasteiger partial charge in [0.25, 0.3) is 11.8 Å². The first kappa shape index (κ1) is 15.1. The maximum Gasteiger partial charge on any atom is 0.322 e. The Morgan fingerprint density at radius 3 is 2.80 bits per heavy atom. The molecule has 0 aliphatic heterocycles. The average Bonchev–Trinajstić information content (AvgIpc) is 3.32. The first-order valence-corrected chi connectivity index (χ1v) is 7.79. The van der Waals surface area contributed by atoms with E-state index in [-0.39, 0.29) is 23.7 Å². The van der Waals surface area contributed by atoms with Crippen molar-refractivity contribution in [2.75, 3.05) is 5.32 Å². The highest BCUT2D eigenvalue weighted by atomic mass is 16.4. The summed E-state index contributed by atoms with van der Waals surface area (Å²) in [7, 11) is 0. The van der Waals surface area contributed by atoms with E-state index in [0.29, 0.717) is 11.3 Å². The molecule has 0 fully saturated rings. The minimum atomic E-state index is -0.455. The molecule has 0 saturated heterocycles. The SMILES string of the molecule is CC(C)n1nccc1-c1nnc(NC(=O)c2cc3ccccc3o2)o1. The molecule has 0 saturated carbocycles. The van der Waals surface area contributed by atoms with Crippen molar-refractivity contribution in [3.05, 3.63) is 48.4 Å². The van der Waals surface area contributed by atoms with Gasteiger partial charge in [-0.25, -0.2) is 0 Å². The molecule has 8 heteroatoms. The van der Waals surface area contributed by atoms with Crippen LogP contribution in [0.3, 0.4) is 0 Å². The van der Waals surface area contributed by atoms with Crippen LogP contribution in [-0.4, -0.2) is 25.9 Å². The van der Waals surface area contributed by atoms with Crippen LogP contribution < -0.4 is 5.32 Å². The van der Waals surface area contributed by atoms with Crippen molar-refractivity contribution in [2.45, 2.75) is 19.9 Å². The fourth-order valence-electron chi connectivity index (χ4n) is 2.52. The third kappa shape index (κ3) is 2.78. The molecule has 0 bridgehead atoms. The van der Waals surface area contributed by atoms with Gasteiger partial charge in [-0.05, 0) is 32.0 Å². The molecule has 0 radical (unpaired) electrons. The number of amides is 1. The number of para-hydroxylation sites is 1. The molecule has 0 spiro atoms. The van der Waals surface area contributed by atoms with Crippen molar-refractivity contribution >= 4 is 22.9 Å². The van der Waals surface area contributed by atoms with Gasteiger partial charge in [0.05, 0.1) is 0 Å². The minimum Gasteiger partial charge on any atom is -0.451 e. The summed E-state index contributed by atoms with van der Waals surface area (Å²) < 4.78 is 12.8. The predicted molar refractivity (Wildman–Crippen MR) is 90.1 cm³/mol. The third-order valence-electron chi connectivity index (χ3n) is 3.67. The number of aromatic nitrogens is 4. The molecule has 0 aliphatic carbocycles. The van der Waals surface area contributed by atoms with Crippen LogP contribution in [0.25, 0.3) is 22.6 Å². The third-order valence-corrected chi connectivity index (χ3v) is 3.67. The van der Waals surface area contributed by atoms with Gasteiger partial charge in [0.2, 0.25) is 0 Å². The van der Waals surface area contributed by atoms with Crippen molar-refractivity contribution in [2.24, 2.45) is 0 Å². The summed E-state index contributed by atoms with van der Waals surface area (Å²) >= 11 is 0. The Labute approximate surface area is 142 Å². The summed E-state index contributed by atoms with van der Waals surface area (Å²) in [6.07, 6.45) is 1.66. The van der Waals surface area contributed by atoms with Gasteiger partial charge in [0.1, 0.15) is 11.3 Å². The Hall–Kier alpha value is -3.42. The molecular formula is C17H15N5O3. The molecule has 126 valence electrons. The Morgan fingerprint density at radius 2 is 2.00 bits per heavy atom. The van der Waals surface area contributed by atoms with E-state index in [1.807, 2.05) is 32.0 Å². The van der Waals surface area contributed by atoms with Gasteiger partial charge < -0.3 is 8.83 Å². The molecule has 8 nitrogen and oxygen atoms in total. The van der Waals surface area contributed by atoms with Crippen LogP contribution in [-0.2, 0) is 0 Å². The quantitative estimate of drug-likeness (QED) is 0.612. The molecule has 3 aromatic heterocycles. The highest BCUT2D eigenvalue weighted by Gasteiger charge is 2.18. The summed E-state index contributed by atoms with van der Waals surface area (Å²) in [6.45, 7) is 3.99. The number of fused-ring (bicyclic) bond motifs is 1. The summed E-state index contributed by atoms with van der Waals surface area (Å²) in [5, 5.41) is 15.4. The molecule has 25 heavy (non-hydrogen) atoms. The molecule has 0 aliphatic rings. The number of anilines is 1. The van der Waals surface area contributed by atoms with Gasteiger partial charge >= 0.3 is 6.01 Å². The zero-order chi connectivity index (χ0) is 17.4.